The monoisotopic (exact) mass is 273 g/mol. The van der Waals surface area contributed by atoms with Crippen molar-refractivity contribution in [2.75, 3.05) is 20.1 Å². The fraction of sp³-hybridized carbons (Fsp3) is 0.588. The van der Waals surface area contributed by atoms with Crippen LogP contribution in [0, 0.1) is 11.3 Å². The fourth-order valence-electron chi connectivity index (χ4n) is 2.29. The third kappa shape index (κ3) is 4.06. The van der Waals surface area contributed by atoms with Crippen LogP contribution in [0.15, 0.2) is 30.3 Å². The lowest BCUT2D eigenvalue weighted by Gasteiger charge is -2.35. The Balaban J connectivity index is 3.03. The summed E-state index contributed by atoms with van der Waals surface area (Å²) in [5.74, 6) is 0. The molecule has 3 heteroatoms. The van der Waals surface area contributed by atoms with Gasteiger partial charge in [-0.3, -0.25) is 5.32 Å². The van der Waals surface area contributed by atoms with Gasteiger partial charge < -0.3 is 4.90 Å². The molecule has 0 aliphatic rings. The van der Waals surface area contributed by atoms with Crippen LogP contribution in [-0.2, 0) is 5.54 Å². The number of hydrogen-bond acceptors (Lipinski definition) is 3. The Bertz CT molecular complexity index is 424. The van der Waals surface area contributed by atoms with E-state index in [0.29, 0.717) is 12.6 Å². The van der Waals surface area contributed by atoms with Gasteiger partial charge in [-0.05, 0) is 38.9 Å². The van der Waals surface area contributed by atoms with Crippen LogP contribution in [0.3, 0.4) is 0 Å². The second-order valence-electron chi connectivity index (χ2n) is 5.48. The molecule has 0 bridgehead atoms. The van der Waals surface area contributed by atoms with Crippen LogP contribution in [0.2, 0.25) is 0 Å². The highest BCUT2D eigenvalue weighted by Crippen LogP contribution is 2.23. The average Bonchev–Trinajstić information content (AvgIpc) is 2.51. The van der Waals surface area contributed by atoms with Gasteiger partial charge in [0.25, 0.3) is 0 Å². The van der Waals surface area contributed by atoms with Gasteiger partial charge in [0, 0.05) is 12.6 Å². The van der Waals surface area contributed by atoms with Crippen LogP contribution < -0.4 is 5.32 Å². The zero-order valence-corrected chi connectivity index (χ0v) is 13.2. The number of likely N-dealkylation sites (N-methyl/N-ethyl adjacent to an activating group) is 1. The van der Waals surface area contributed by atoms with Crippen molar-refractivity contribution in [3.05, 3.63) is 35.9 Å². The van der Waals surface area contributed by atoms with Gasteiger partial charge in [-0.2, -0.15) is 5.26 Å². The van der Waals surface area contributed by atoms with Gasteiger partial charge in [0.2, 0.25) is 0 Å². The third-order valence-electron chi connectivity index (χ3n) is 3.96. The lowest BCUT2D eigenvalue weighted by Crippen LogP contribution is -2.51. The summed E-state index contributed by atoms with van der Waals surface area (Å²) in [5.41, 5.74) is 0.418. The Morgan fingerprint density at radius 1 is 1.30 bits per heavy atom. The lowest BCUT2D eigenvalue weighted by atomic mass is 9.90. The quantitative estimate of drug-likeness (QED) is 0.791. The minimum absolute atomic E-state index is 0.467. The largest absolute Gasteiger partial charge is 0.300 e. The molecule has 0 heterocycles. The van der Waals surface area contributed by atoms with Gasteiger partial charge in [-0.25, -0.2) is 0 Å². The van der Waals surface area contributed by atoms with Crippen LogP contribution in [0.1, 0.15) is 39.2 Å². The van der Waals surface area contributed by atoms with E-state index < -0.39 is 5.54 Å². The van der Waals surface area contributed by atoms with Gasteiger partial charge in [0.15, 0.2) is 0 Å². The molecule has 1 aromatic rings. The maximum Gasteiger partial charge on any atom is 0.145 e. The van der Waals surface area contributed by atoms with E-state index in [0.717, 1.165) is 24.9 Å². The first-order chi connectivity index (χ1) is 9.59. The highest BCUT2D eigenvalue weighted by molar-refractivity contribution is 5.32. The molecule has 0 fully saturated rings. The average molecular weight is 273 g/mol. The number of nitriles is 1. The summed E-state index contributed by atoms with van der Waals surface area (Å²) in [6.07, 6.45) is 2.10. The zero-order valence-electron chi connectivity index (χ0n) is 13.2. The van der Waals surface area contributed by atoms with Crippen LogP contribution in [0.4, 0.5) is 0 Å². The molecule has 0 radical (unpaired) electrons. The van der Waals surface area contributed by atoms with Crippen molar-refractivity contribution in [1.29, 1.82) is 5.26 Å². The summed E-state index contributed by atoms with van der Waals surface area (Å²) in [4.78, 5) is 2.26. The first-order valence-corrected chi connectivity index (χ1v) is 7.51. The summed E-state index contributed by atoms with van der Waals surface area (Å²) < 4.78 is 0. The molecule has 0 amide bonds. The van der Waals surface area contributed by atoms with Crippen molar-refractivity contribution < 1.29 is 0 Å². The van der Waals surface area contributed by atoms with E-state index in [9.17, 15) is 5.26 Å². The van der Waals surface area contributed by atoms with E-state index in [1.165, 1.54) is 0 Å². The highest BCUT2D eigenvalue weighted by Gasteiger charge is 2.33. The summed E-state index contributed by atoms with van der Waals surface area (Å²) in [5, 5.41) is 13.3. The van der Waals surface area contributed by atoms with Crippen LogP contribution >= 0.6 is 0 Å². The Labute approximate surface area is 123 Å². The number of hydrogen-bond donors (Lipinski definition) is 1. The predicted octanol–water partition coefficient (Wildman–Crippen LogP) is 3.14. The van der Waals surface area contributed by atoms with Gasteiger partial charge in [0.05, 0.1) is 6.07 Å². The Morgan fingerprint density at radius 3 is 2.45 bits per heavy atom. The van der Waals surface area contributed by atoms with E-state index in [-0.39, 0.29) is 0 Å². The number of nitrogens with one attached hydrogen (secondary N) is 1. The number of rotatable bonds is 8. The first-order valence-electron chi connectivity index (χ1n) is 7.51. The molecule has 0 spiro atoms. The zero-order chi connectivity index (χ0) is 15.0. The summed E-state index contributed by atoms with van der Waals surface area (Å²) in [7, 11) is 2.09. The summed E-state index contributed by atoms with van der Waals surface area (Å²) >= 11 is 0. The molecule has 0 saturated carbocycles. The minimum atomic E-state index is -0.630. The first kappa shape index (κ1) is 16.7. The van der Waals surface area contributed by atoms with Gasteiger partial charge in [-0.1, -0.05) is 44.2 Å². The molecule has 2 atom stereocenters. The SMILES string of the molecule is CCCNC(C#N)(CN(C)C(C)CC)c1ccccc1. The maximum atomic E-state index is 9.82. The Kier molecular flexibility index (Phi) is 6.70. The van der Waals surface area contributed by atoms with Crippen LogP contribution in [0.25, 0.3) is 0 Å². The van der Waals surface area contributed by atoms with Crippen molar-refractivity contribution in [2.24, 2.45) is 0 Å². The van der Waals surface area contributed by atoms with E-state index in [4.69, 9.17) is 0 Å². The molecule has 0 saturated heterocycles. The number of nitrogens with zero attached hydrogens (tertiary/aromatic N) is 2. The summed E-state index contributed by atoms with van der Waals surface area (Å²) in [6, 6.07) is 13.1. The molecule has 1 rings (SSSR count). The second-order valence-corrected chi connectivity index (χ2v) is 5.48. The van der Waals surface area contributed by atoms with Gasteiger partial charge in [-0.15, -0.1) is 0 Å². The Hall–Kier alpha value is -1.37. The van der Waals surface area contributed by atoms with Crippen molar-refractivity contribution in [1.82, 2.24) is 10.2 Å². The standard InChI is InChI=1S/C17H27N3/c1-5-12-19-17(13-18,14-20(4)15(3)6-2)16-10-8-7-9-11-16/h7-11,15,19H,5-6,12,14H2,1-4H3. The third-order valence-corrected chi connectivity index (χ3v) is 3.96. The molecular weight excluding hydrogens is 246 g/mol. The maximum absolute atomic E-state index is 9.82. The molecule has 0 aliphatic heterocycles. The molecule has 20 heavy (non-hydrogen) atoms. The van der Waals surface area contributed by atoms with Crippen molar-refractivity contribution >= 4 is 0 Å². The smallest absolute Gasteiger partial charge is 0.145 e. The van der Waals surface area contributed by atoms with Gasteiger partial charge in [0.1, 0.15) is 5.54 Å². The van der Waals surface area contributed by atoms with Gasteiger partial charge >= 0.3 is 0 Å². The van der Waals surface area contributed by atoms with Crippen LogP contribution in [-0.4, -0.2) is 31.1 Å². The molecule has 0 aliphatic carbocycles. The van der Waals surface area contributed by atoms with E-state index >= 15 is 0 Å². The van der Waals surface area contributed by atoms with E-state index in [1.54, 1.807) is 0 Å². The normalized spacial score (nSPS) is 15.6. The molecule has 3 nitrogen and oxygen atoms in total. The number of benzene rings is 1. The van der Waals surface area contributed by atoms with Crippen molar-refractivity contribution in [3.63, 3.8) is 0 Å². The molecule has 1 N–H and O–H groups in total. The molecular formula is C17H27N3. The predicted molar refractivity (Wildman–Crippen MR) is 84.4 cm³/mol. The molecule has 2 unspecified atom stereocenters. The van der Waals surface area contributed by atoms with E-state index in [1.807, 2.05) is 30.3 Å². The summed E-state index contributed by atoms with van der Waals surface area (Å²) in [6.45, 7) is 8.04. The van der Waals surface area contributed by atoms with Crippen LogP contribution in [0.5, 0.6) is 0 Å². The topological polar surface area (TPSA) is 39.1 Å². The molecule has 110 valence electrons. The van der Waals surface area contributed by atoms with E-state index in [2.05, 4.69) is 44.1 Å². The second kappa shape index (κ2) is 8.04. The molecule has 1 aromatic carbocycles. The Morgan fingerprint density at radius 2 is 1.95 bits per heavy atom. The van der Waals surface area contributed by atoms with Crippen molar-refractivity contribution in [2.45, 2.75) is 45.2 Å². The minimum Gasteiger partial charge on any atom is -0.300 e. The lowest BCUT2D eigenvalue weighted by molar-refractivity contribution is 0.196. The highest BCUT2D eigenvalue weighted by atomic mass is 15.2. The fourth-order valence-corrected chi connectivity index (χ4v) is 2.29. The molecule has 0 aromatic heterocycles. The van der Waals surface area contributed by atoms with Crippen molar-refractivity contribution in [3.8, 4) is 6.07 Å².